The number of hydrogen-bond donors (Lipinski definition) is 1. The molecule has 24 heavy (non-hydrogen) atoms. The Morgan fingerprint density at radius 1 is 1.12 bits per heavy atom. The van der Waals surface area contributed by atoms with Crippen molar-refractivity contribution in [1.29, 1.82) is 0 Å². The van der Waals surface area contributed by atoms with Gasteiger partial charge >= 0.3 is 6.01 Å². The highest BCUT2D eigenvalue weighted by Gasteiger charge is 2.09. The molecule has 8 nitrogen and oxygen atoms in total. The van der Waals surface area contributed by atoms with E-state index >= 15 is 0 Å². The van der Waals surface area contributed by atoms with Gasteiger partial charge in [-0.05, 0) is 30.7 Å². The SMILES string of the molecule is CCNc1nc(Cl)nc(Oc2ccc(=O)n(-c3ccccc3)n2)n1. The van der Waals surface area contributed by atoms with Crippen LogP contribution in [-0.4, -0.2) is 31.3 Å². The summed E-state index contributed by atoms with van der Waals surface area (Å²) < 4.78 is 6.73. The fraction of sp³-hybridized carbons (Fsp3) is 0.133. The molecule has 0 aliphatic rings. The van der Waals surface area contributed by atoms with Gasteiger partial charge in [-0.3, -0.25) is 4.79 Å². The maximum atomic E-state index is 12.0. The first-order valence-electron chi connectivity index (χ1n) is 7.15. The van der Waals surface area contributed by atoms with E-state index in [0.717, 1.165) is 0 Å². The van der Waals surface area contributed by atoms with Crippen LogP contribution in [-0.2, 0) is 0 Å². The zero-order chi connectivity index (χ0) is 16.9. The number of nitrogens with zero attached hydrogens (tertiary/aromatic N) is 5. The molecule has 0 saturated heterocycles. The molecular formula is C15H13ClN6O2. The van der Waals surface area contributed by atoms with Crippen LogP contribution < -0.4 is 15.6 Å². The number of anilines is 1. The molecular weight excluding hydrogens is 332 g/mol. The smallest absolute Gasteiger partial charge is 0.329 e. The number of halogens is 1. The minimum absolute atomic E-state index is 0.00710. The van der Waals surface area contributed by atoms with Crippen LogP contribution in [0, 0.1) is 0 Å². The molecule has 0 aliphatic carbocycles. The summed E-state index contributed by atoms with van der Waals surface area (Å²) >= 11 is 5.85. The quantitative estimate of drug-likeness (QED) is 0.758. The Bertz CT molecular complexity index is 900. The van der Waals surface area contributed by atoms with E-state index in [1.54, 1.807) is 12.1 Å². The highest BCUT2D eigenvalue weighted by molar-refractivity contribution is 6.28. The number of para-hydroxylation sites is 1. The predicted molar refractivity (Wildman–Crippen MR) is 88.9 cm³/mol. The van der Waals surface area contributed by atoms with Crippen molar-refractivity contribution < 1.29 is 4.74 Å². The largest absolute Gasteiger partial charge is 0.403 e. The average molecular weight is 345 g/mol. The number of rotatable bonds is 5. The number of ether oxygens (including phenoxy) is 1. The van der Waals surface area contributed by atoms with Gasteiger partial charge in [-0.15, -0.1) is 5.10 Å². The third kappa shape index (κ3) is 3.66. The first kappa shape index (κ1) is 15.9. The van der Waals surface area contributed by atoms with Crippen LogP contribution in [0.4, 0.5) is 5.95 Å². The average Bonchev–Trinajstić information content (AvgIpc) is 2.57. The Kier molecular flexibility index (Phi) is 4.66. The van der Waals surface area contributed by atoms with Crippen molar-refractivity contribution in [2.45, 2.75) is 6.92 Å². The molecule has 1 N–H and O–H groups in total. The normalized spacial score (nSPS) is 10.4. The van der Waals surface area contributed by atoms with Crippen LogP contribution in [0.3, 0.4) is 0 Å². The standard InChI is InChI=1S/C15H13ClN6O2/c1-2-17-14-18-13(16)19-15(20-14)24-11-8-9-12(23)22(21-11)10-6-4-3-5-7-10/h3-9H,2H2,1H3,(H,17,18,19,20). The molecule has 0 aliphatic heterocycles. The van der Waals surface area contributed by atoms with Gasteiger partial charge in [-0.1, -0.05) is 18.2 Å². The lowest BCUT2D eigenvalue weighted by molar-refractivity contribution is 0.411. The van der Waals surface area contributed by atoms with Crippen LogP contribution in [0.2, 0.25) is 5.28 Å². The second kappa shape index (κ2) is 7.05. The van der Waals surface area contributed by atoms with E-state index in [-0.39, 0.29) is 22.7 Å². The molecule has 2 aromatic heterocycles. The lowest BCUT2D eigenvalue weighted by atomic mass is 10.3. The van der Waals surface area contributed by atoms with Crippen LogP contribution in [0.15, 0.2) is 47.3 Å². The predicted octanol–water partition coefficient (Wildman–Crippen LogP) is 2.29. The van der Waals surface area contributed by atoms with Crippen molar-refractivity contribution in [2.24, 2.45) is 0 Å². The third-order valence-electron chi connectivity index (χ3n) is 2.89. The molecule has 122 valence electrons. The first-order chi connectivity index (χ1) is 11.7. The summed E-state index contributed by atoms with van der Waals surface area (Å²) in [6.45, 7) is 2.52. The summed E-state index contributed by atoms with van der Waals surface area (Å²) in [6.07, 6.45) is 0. The fourth-order valence-corrected chi connectivity index (χ4v) is 2.06. The Balaban J connectivity index is 1.93. The number of nitrogens with one attached hydrogen (secondary N) is 1. The topological polar surface area (TPSA) is 94.8 Å². The fourth-order valence-electron chi connectivity index (χ4n) is 1.91. The van der Waals surface area contributed by atoms with Gasteiger partial charge in [-0.2, -0.15) is 19.6 Å². The van der Waals surface area contributed by atoms with E-state index in [4.69, 9.17) is 16.3 Å². The van der Waals surface area contributed by atoms with Crippen molar-refractivity contribution in [1.82, 2.24) is 24.7 Å². The molecule has 0 unspecified atom stereocenters. The third-order valence-corrected chi connectivity index (χ3v) is 3.06. The summed E-state index contributed by atoms with van der Waals surface area (Å²) in [5, 5.41) is 7.07. The second-order valence-electron chi connectivity index (χ2n) is 4.60. The van der Waals surface area contributed by atoms with Crippen LogP contribution in [0.25, 0.3) is 5.69 Å². The van der Waals surface area contributed by atoms with E-state index in [0.29, 0.717) is 18.2 Å². The lowest BCUT2D eigenvalue weighted by Crippen LogP contribution is -2.20. The molecule has 0 spiro atoms. The van der Waals surface area contributed by atoms with Crippen molar-refractivity contribution in [3.8, 4) is 17.6 Å². The molecule has 0 bridgehead atoms. The Morgan fingerprint density at radius 3 is 2.67 bits per heavy atom. The van der Waals surface area contributed by atoms with E-state index in [1.165, 1.54) is 16.8 Å². The summed E-state index contributed by atoms with van der Waals surface area (Å²) in [6, 6.07) is 11.8. The minimum atomic E-state index is -0.282. The van der Waals surface area contributed by atoms with E-state index in [1.807, 2.05) is 25.1 Å². The molecule has 0 saturated carbocycles. The molecule has 3 rings (SSSR count). The van der Waals surface area contributed by atoms with Gasteiger partial charge in [0.2, 0.25) is 17.1 Å². The van der Waals surface area contributed by atoms with Crippen molar-refractivity contribution >= 4 is 17.5 Å². The highest BCUT2D eigenvalue weighted by atomic mass is 35.5. The maximum absolute atomic E-state index is 12.0. The lowest BCUT2D eigenvalue weighted by Gasteiger charge is -2.08. The van der Waals surface area contributed by atoms with Crippen LogP contribution in [0.5, 0.6) is 11.9 Å². The molecule has 9 heteroatoms. The zero-order valence-corrected chi connectivity index (χ0v) is 13.4. The summed E-state index contributed by atoms with van der Waals surface area (Å²) in [5.41, 5.74) is 0.338. The van der Waals surface area contributed by atoms with E-state index in [2.05, 4.69) is 25.4 Å². The van der Waals surface area contributed by atoms with Gasteiger partial charge in [0.25, 0.3) is 5.56 Å². The molecule has 0 amide bonds. The zero-order valence-electron chi connectivity index (χ0n) is 12.7. The van der Waals surface area contributed by atoms with Gasteiger partial charge < -0.3 is 10.1 Å². The number of benzene rings is 1. The number of hydrogen-bond acceptors (Lipinski definition) is 7. The second-order valence-corrected chi connectivity index (χ2v) is 4.94. The Hall–Kier alpha value is -3.00. The minimum Gasteiger partial charge on any atom is -0.403 e. The Labute approximate surface area is 142 Å². The first-order valence-corrected chi connectivity index (χ1v) is 7.52. The van der Waals surface area contributed by atoms with Gasteiger partial charge in [-0.25, -0.2) is 0 Å². The summed E-state index contributed by atoms with van der Waals surface area (Å²) in [7, 11) is 0. The molecule has 0 atom stereocenters. The monoisotopic (exact) mass is 344 g/mol. The van der Waals surface area contributed by atoms with Crippen molar-refractivity contribution in [3.05, 3.63) is 58.1 Å². The van der Waals surface area contributed by atoms with Crippen molar-refractivity contribution in [3.63, 3.8) is 0 Å². The molecule has 3 aromatic rings. The van der Waals surface area contributed by atoms with Gasteiger partial charge in [0, 0.05) is 18.7 Å². The molecule has 1 aromatic carbocycles. The van der Waals surface area contributed by atoms with E-state index < -0.39 is 0 Å². The van der Waals surface area contributed by atoms with Gasteiger partial charge in [0.15, 0.2) is 0 Å². The summed E-state index contributed by atoms with van der Waals surface area (Å²) in [5.74, 6) is 0.451. The van der Waals surface area contributed by atoms with Crippen molar-refractivity contribution in [2.75, 3.05) is 11.9 Å². The van der Waals surface area contributed by atoms with E-state index in [9.17, 15) is 4.79 Å². The summed E-state index contributed by atoms with van der Waals surface area (Å²) in [4.78, 5) is 23.9. The molecule has 0 radical (unpaired) electrons. The van der Waals surface area contributed by atoms with Gasteiger partial charge in [0.1, 0.15) is 0 Å². The molecule has 0 fully saturated rings. The number of aromatic nitrogens is 5. The maximum Gasteiger partial charge on any atom is 0.329 e. The molecule has 2 heterocycles. The van der Waals surface area contributed by atoms with Crippen LogP contribution >= 0.6 is 11.6 Å². The highest BCUT2D eigenvalue weighted by Crippen LogP contribution is 2.17. The van der Waals surface area contributed by atoms with Crippen LogP contribution in [0.1, 0.15) is 6.92 Å². The Morgan fingerprint density at radius 2 is 1.92 bits per heavy atom. The van der Waals surface area contributed by atoms with Gasteiger partial charge in [0.05, 0.1) is 5.69 Å².